The van der Waals surface area contributed by atoms with Crippen LogP contribution >= 0.6 is 0 Å². The summed E-state index contributed by atoms with van der Waals surface area (Å²) in [5, 5.41) is 0. The highest BCUT2D eigenvalue weighted by molar-refractivity contribution is 5.46. The van der Waals surface area contributed by atoms with E-state index in [1.807, 2.05) is 0 Å². The van der Waals surface area contributed by atoms with E-state index >= 15 is 0 Å². The predicted molar refractivity (Wildman–Crippen MR) is 50.6 cm³/mol. The van der Waals surface area contributed by atoms with Gasteiger partial charge in [0, 0.05) is 26.3 Å². The molecule has 0 amide bonds. The zero-order valence-electron chi connectivity index (χ0n) is 7.69. The molecule has 0 saturated heterocycles. The van der Waals surface area contributed by atoms with E-state index in [9.17, 15) is 0 Å². The molecule has 2 N–H and O–H groups in total. The van der Waals surface area contributed by atoms with Crippen molar-refractivity contribution in [2.24, 2.45) is 0 Å². The first kappa shape index (κ1) is 9.80. The molecule has 0 fully saturated rings. The molecule has 72 valence electrons. The molecule has 0 saturated carbocycles. The van der Waals surface area contributed by atoms with Crippen molar-refractivity contribution in [3.63, 3.8) is 0 Å². The molecular weight excluding hydrogens is 168 g/mol. The van der Waals surface area contributed by atoms with E-state index in [1.165, 1.54) is 0 Å². The fourth-order valence-corrected chi connectivity index (χ4v) is 0.896. The standard InChI is InChI=1S/C9H14N2O2/c1-12-6-3-7-13-9-8(10)4-2-5-11-9/h2,4-5H,3,6-7,10H2,1H3. The van der Waals surface area contributed by atoms with Gasteiger partial charge in [0.2, 0.25) is 5.88 Å². The number of anilines is 1. The minimum absolute atomic E-state index is 0.499. The molecule has 0 spiro atoms. The third-order valence-corrected chi connectivity index (χ3v) is 1.53. The van der Waals surface area contributed by atoms with Crippen LogP contribution < -0.4 is 10.5 Å². The van der Waals surface area contributed by atoms with E-state index < -0.39 is 0 Å². The smallest absolute Gasteiger partial charge is 0.237 e. The number of nitrogen functional groups attached to an aromatic ring is 1. The molecule has 1 heterocycles. The lowest BCUT2D eigenvalue weighted by atomic mass is 10.4. The molecule has 1 aromatic rings. The number of nitrogens with two attached hydrogens (primary N) is 1. The molecular formula is C9H14N2O2. The van der Waals surface area contributed by atoms with Crippen molar-refractivity contribution in [1.29, 1.82) is 0 Å². The maximum atomic E-state index is 5.62. The highest BCUT2D eigenvalue weighted by Crippen LogP contribution is 2.15. The van der Waals surface area contributed by atoms with Gasteiger partial charge in [-0.1, -0.05) is 0 Å². The number of ether oxygens (including phenoxy) is 2. The topological polar surface area (TPSA) is 57.4 Å². The van der Waals surface area contributed by atoms with Crippen LogP contribution in [0.25, 0.3) is 0 Å². The summed E-state index contributed by atoms with van der Waals surface area (Å²) in [6.07, 6.45) is 2.49. The Labute approximate surface area is 77.7 Å². The van der Waals surface area contributed by atoms with Gasteiger partial charge in [-0.25, -0.2) is 4.98 Å². The minimum atomic E-state index is 0.499. The number of rotatable bonds is 5. The molecule has 0 atom stereocenters. The summed E-state index contributed by atoms with van der Waals surface area (Å²) in [7, 11) is 1.66. The van der Waals surface area contributed by atoms with Gasteiger partial charge < -0.3 is 15.2 Å². The lowest BCUT2D eigenvalue weighted by molar-refractivity contribution is 0.171. The number of aromatic nitrogens is 1. The molecule has 0 aliphatic carbocycles. The molecule has 13 heavy (non-hydrogen) atoms. The minimum Gasteiger partial charge on any atom is -0.476 e. The van der Waals surface area contributed by atoms with Gasteiger partial charge in [-0.05, 0) is 12.1 Å². The molecule has 0 aromatic carbocycles. The van der Waals surface area contributed by atoms with E-state index in [4.69, 9.17) is 15.2 Å². The van der Waals surface area contributed by atoms with Crippen LogP contribution in [0.1, 0.15) is 6.42 Å². The lowest BCUT2D eigenvalue weighted by Crippen LogP contribution is -2.04. The Bertz CT molecular complexity index is 253. The number of methoxy groups -OCH3 is 1. The number of hydrogen-bond donors (Lipinski definition) is 1. The van der Waals surface area contributed by atoms with Crippen molar-refractivity contribution >= 4 is 5.69 Å². The Morgan fingerprint density at radius 3 is 3.00 bits per heavy atom. The maximum Gasteiger partial charge on any atom is 0.237 e. The molecule has 0 bridgehead atoms. The van der Waals surface area contributed by atoms with Crippen LogP contribution in [0.2, 0.25) is 0 Å². The summed E-state index contributed by atoms with van der Waals surface area (Å²) in [4.78, 5) is 3.99. The average Bonchev–Trinajstić information content (AvgIpc) is 2.15. The number of pyridine rings is 1. The van der Waals surface area contributed by atoms with Gasteiger partial charge in [0.15, 0.2) is 0 Å². The molecule has 0 unspecified atom stereocenters. The van der Waals surface area contributed by atoms with Crippen molar-refractivity contribution in [3.8, 4) is 5.88 Å². The molecule has 1 aromatic heterocycles. The quantitative estimate of drug-likeness (QED) is 0.692. The summed E-state index contributed by atoms with van der Waals surface area (Å²) < 4.78 is 10.2. The summed E-state index contributed by atoms with van der Waals surface area (Å²) in [5.74, 6) is 0.499. The summed E-state index contributed by atoms with van der Waals surface area (Å²) in [5.41, 5.74) is 6.19. The summed E-state index contributed by atoms with van der Waals surface area (Å²) >= 11 is 0. The zero-order chi connectivity index (χ0) is 9.52. The predicted octanol–water partition coefficient (Wildman–Crippen LogP) is 1.08. The van der Waals surface area contributed by atoms with Crippen molar-refractivity contribution in [2.75, 3.05) is 26.1 Å². The zero-order valence-corrected chi connectivity index (χ0v) is 7.69. The van der Waals surface area contributed by atoms with Crippen LogP contribution in [0.15, 0.2) is 18.3 Å². The monoisotopic (exact) mass is 182 g/mol. The van der Waals surface area contributed by atoms with Crippen LogP contribution in [0.3, 0.4) is 0 Å². The Morgan fingerprint density at radius 2 is 2.31 bits per heavy atom. The molecule has 0 aliphatic rings. The van der Waals surface area contributed by atoms with Crippen LogP contribution in [-0.4, -0.2) is 25.3 Å². The van der Waals surface area contributed by atoms with Crippen LogP contribution in [0.5, 0.6) is 5.88 Å². The fraction of sp³-hybridized carbons (Fsp3) is 0.444. The molecule has 4 heteroatoms. The van der Waals surface area contributed by atoms with Gasteiger partial charge in [0.25, 0.3) is 0 Å². The van der Waals surface area contributed by atoms with Crippen LogP contribution in [-0.2, 0) is 4.74 Å². The van der Waals surface area contributed by atoms with Gasteiger partial charge >= 0.3 is 0 Å². The second-order valence-corrected chi connectivity index (χ2v) is 2.59. The van der Waals surface area contributed by atoms with Gasteiger partial charge in [-0.15, -0.1) is 0 Å². The fourth-order valence-electron chi connectivity index (χ4n) is 0.896. The van der Waals surface area contributed by atoms with Crippen LogP contribution in [0.4, 0.5) is 5.69 Å². The SMILES string of the molecule is COCCCOc1ncccc1N. The molecule has 1 rings (SSSR count). The van der Waals surface area contributed by atoms with Gasteiger partial charge in [0.1, 0.15) is 0 Å². The second kappa shape index (κ2) is 5.37. The van der Waals surface area contributed by atoms with E-state index in [0.717, 1.165) is 6.42 Å². The average molecular weight is 182 g/mol. The van der Waals surface area contributed by atoms with Crippen molar-refractivity contribution in [1.82, 2.24) is 4.98 Å². The molecule has 0 aliphatic heterocycles. The first-order valence-corrected chi connectivity index (χ1v) is 4.17. The van der Waals surface area contributed by atoms with E-state index in [0.29, 0.717) is 24.8 Å². The van der Waals surface area contributed by atoms with Gasteiger partial charge in [0.05, 0.1) is 12.3 Å². The Morgan fingerprint density at radius 1 is 1.46 bits per heavy atom. The number of nitrogens with zero attached hydrogens (tertiary/aromatic N) is 1. The summed E-state index contributed by atoms with van der Waals surface area (Å²) in [6, 6.07) is 3.54. The van der Waals surface area contributed by atoms with E-state index in [2.05, 4.69) is 4.98 Å². The summed E-state index contributed by atoms with van der Waals surface area (Å²) in [6.45, 7) is 1.27. The Balaban J connectivity index is 2.32. The lowest BCUT2D eigenvalue weighted by Gasteiger charge is -2.06. The maximum absolute atomic E-state index is 5.62. The first-order valence-electron chi connectivity index (χ1n) is 4.17. The van der Waals surface area contributed by atoms with E-state index in [1.54, 1.807) is 25.4 Å². The first-order chi connectivity index (χ1) is 6.34. The number of hydrogen-bond acceptors (Lipinski definition) is 4. The largest absolute Gasteiger partial charge is 0.476 e. The third-order valence-electron chi connectivity index (χ3n) is 1.53. The Hall–Kier alpha value is -1.29. The highest BCUT2D eigenvalue weighted by Gasteiger charge is 1.98. The highest BCUT2D eigenvalue weighted by atomic mass is 16.5. The Kier molecular flexibility index (Phi) is 4.05. The normalized spacial score (nSPS) is 9.92. The van der Waals surface area contributed by atoms with Crippen LogP contribution in [0, 0.1) is 0 Å². The van der Waals surface area contributed by atoms with Crippen molar-refractivity contribution in [3.05, 3.63) is 18.3 Å². The van der Waals surface area contributed by atoms with Gasteiger partial charge in [-0.3, -0.25) is 0 Å². The third kappa shape index (κ3) is 3.29. The van der Waals surface area contributed by atoms with Crippen molar-refractivity contribution < 1.29 is 9.47 Å². The second-order valence-electron chi connectivity index (χ2n) is 2.59. The van der Waals surface area contributed by atoms with Gasteiger partial charge in [-0.2, -0.15) is 0 Å². The molecule has 0 radical (unpaired) electrons. The van der Waals surface area contributed by atoms with Crippen molar-refractivity contribution in [2.45, 2.75) is 6.42 Å². The van der Waals surface area contributed by atoms with E-state index in [-0.39, 0.29) is 0 Å². The molecule has 4 nitrogen and oxygen atoms in total.